The molecule has 7 heteroatoms. The van der Waals surface area contributed by atoms with Crippen molar-refractivity contribution in [2.45, 2.75) is 14.7 Å². The van der Waals surface area contributed by atoms with Gasteiger partial charge in [0.1, 0.15) is 0 Å². The molecular weight excluding hydrogens is 356 g/mol. The zero-order valence-electron chi connectivity index (χ0n) is 13.9. The summed E-state index contributed by atoms with van der Waals surface area (Å²) in [5.74, 6) is 0.426. The first kappa shape index (κ1) is 18.0. The van der Waals surface area contributed by atoms with Crippen LogP contribution in [0.1, 0.15) is 10.4 Å². The Morgan fingerprint density at radius 1 is 1.16 bits per heavy atom. The normalized spacial score (nSPS) is 14.8. The number of amides is 1. The van der Waals surface area contributed by atoms with Gasteiger partial charge in [0.25, 0.3) is 5.91 Å². The molecule has 1 amide bonds. The molecular formula is C18H20N2O3S2. The van der Waals surface area contributed by atoms with Gasteiger partial charge < -0.3 is 10.6 Å². The summed E-state index contributed by atoms with van der Waals surface area (Å²) in [6.07, 6.45) is 1.19. The van der Waals surface area contributed by atoms with E-state index in [1.54, 1.807) is 24.3 Å². The molecule has 132 valence electrons. The summed E-state index contributed by atoms with van der Waals surface area (Å²) in [6, 6.07) is 14.1. The number of hydrogen-bond acceptors (Lipinski definition) is 5. The van der Waals surface area contributed by atoms with Crippen LogP contribution in [0, 0.1) is 5.92 Å². The molecule has 0 bridgehead atoms. The van der Waals surface area contributed by atoms with Crippen LogP contribution >= 0.6 is 11.8 Å². The van der Waals surface area contributed by atoms with Crippen molar-refractivity contribution in [2.75, 3.05) is 25.9 Å². The molecule has 1 aliphatic rings. The monoisotopic (exact) mass is 376 g/mol. The molecule has 0 aliphatic carbocycles. The first-order chi connectivity index (χ1) is 11.9. The predicted octanol–water partition coefficient (Wildman–Crippen LogP) is 2.19. The quantitative estimate of drug-likeness (QED) is 0.808. The smallest absolute Gasteiger partial charge is 0.252 e. The standard InChI is InChI=1S/C18H20N2O3S2/c1-25(22,23)15-8-6-14(7-9-15)24-17-5-3-2-4-16(17)18(21)20-12-13-10-19-11-13/h2-9,13,19H,10-12H2,1H3,(H,20,21). The largest absolute Gasteiger partial charge is 0.352 e. The van der Waals surface area contributed by atoms with Gasteiger partial charge in [-0.3, -0.25) is 4.79 Å². The van der Waals surface area contributed by atoms with Gasteiger partial charge in [0, 0.05) is 41.6 Å². The van der Waals surface area contributed by atoms with E-state index in [-0.39, 0.29) is 10.8 Å². The molecule has 1 heterocycles. The lowest BCUT2D eigenvalue weighted by Gasteiger charge is -2.27. The number of rotatable bonds is 6. The molecule has 0 radical (unpaired) electrons. The summed E-state index contributed by atoms with van der Waals surface area (Å²) in [5, 5.41) is 6.17. The molecule has 1 fully saturated rings. The minimum Gasteiger partial charge on any atom is -0.352 e. The molecule has 3 rings (SSSR count). The van der Waals surface area contributed by atoms with Gasteiger partial charge in [0.15, 0.2) is 9.84 Å². The van der Waals surface area contributed by atoms with Crippen LogP contribution in [-0.4, -0.2) is 40.2 Å². The minimum atomic E-state index is -3.21. The molecule has 1 saturated heterocycles. The first-order valence-corrected chi connectivity index (χ1v) is 10.7. The van der Waals surface area contributed by atoms with Crippen molar-refractivity contribution in [1.29, 1.82) is 0 Å². The predicted molar refractivity (Wildman–Crippen MR) is 98.8 cm³/mol. The second kappa shape index (κ2) is 7.59. The Balaban J connectivity index is 1.72. The highest BCUT2D eigenvalue weighted by atomic mass is 32.2. The van der Waals surface area contributed by atoms with Gasteiger partial charge in [-0.15, -0.1) is 0 Å². The van der Waals surface area contributed by atoms with Crippen LogP contribution in [0.2, 0.25) is 0 Å². The lowest BCUT2D eigenvalue weighted by molar-refractivity contribution is 0.0939. The minimum absolute atomic E-state index is 0.0808. The highest BCUT2D eigenvalue weighted by Crippen LogP contribution is 2.31. The fourth-order valence-electron chi connectivity index (χ4n) is 2.45. The number of nitrogens with one attached hydrogen (secondary N) is 2. The summed E-state index contributed by atoms with van der Waals surface area (Å²) < 4.78 is 23.1. The van der Waals surface area contributed by atoms with Crippen LogP contribution in [0.5, 0.6) is 0 Å². The fourth-order valence-corrected chi connectivity index (χ4v) is 4.02. The van der Waals surface area contributed by atoms with Gasteiger partial charge in [0.2, 0.25) is 0 Å². The molecule has 0 saturated carbocycles. The van der Waals surface area contributed by atoms with E-state index in [2.05, 4.69) is 10.6 Å². The Labute approximate surface area is 152 Å². The number of sulfone groups is 1. The Bertz CT molecular complexity index is 860. The van der Waals surface area contributed by atoms with Crippen LogP contribution < -0.4 is 10.6 Å². The molecule has 5 nitrogen and oxygen atoms in total. The van der Waals surface area contributed by atoms with Gasteiger partial charge in [-0.25, -0.2) is 8.42 Å². The zero-order valence-corrected chi connectivity index (χ0v) is 15.5. The fraction of sp³-hybridized carbons (Fsp3) is 0.278. The molecule has 0 spiro atoms. The summed E-state index contributed by atoms with van der Waals surface area (Å²) in [6.45, 7) is 2.57. The van der Waals surface area contributed by atoms with E-state index >= 15 is 0 Å². The van der Waals surface area contributed by atoms with Crippen LogP contribution in [-0.2, 0) is 9.84 Å². The SMILES string of the molecule is CS(=O)(=O)c1ccc(Sc2ccccc2C(=O)NCC2CNC2)cc1. The molecule has 2 N–H and O–H groups in total. The second-order valence-corrected chi connectivity index (χ2v) is 9.21. The van der Waals surface area contributed by atoms with Gasteiger partial charge >= 0.3 is 0 Å². The topological polar surface area (TPSA) is 75.3 Å². The Morgan fingerprint density at radius 3 is 2.44 bits per heavy atom. The van der Waals surface area contributed by atoms with Crippen molar-refractivity contribution in [2.24, 2.45) is 5.92 Å². The van der Waals surface area contributed by atoms with Crippen molar-refractivity contribution in [1.82, 2.24) is 10.6 Å². The molecule has 2 aromatic rings. The average molecular weight is 377 g/mol. The van der Waals surface area contributed by atoms with Crippen molar-refractivity contribution in [3.63, 3.8) is 0 Å². The number of carbonyl (C=O) groups is 1. The third-order valence-corrected chi connectivity index (χ3v) is 6.24. The summed E-state index contributed by atoms with van der Waals surface area (Å²) in [4.78, 5) is 14.5. The van der Waals surface area contributed by atoms with Gasteiger partial charge in [-0.05, 0) is 36.4 Å². The third kappa shape index (κ3) is 4.62. The number of carbonyl (C=O) groups excluding carboxylic acids is 1. The van der Waals surface area contributed by atoms with E-state index in [4.69, 9.17) is 0 Å². The number of hydrogen-bond donors (Lipinski definition) is 2. The average Bonchev–Trinajstić information content (AvgIpc) is 2.53. The van der Waals surface area contributed by atoms with Crippen LogP contribution in [0.15, 0.2) is 63.2 Å². The Hall–Kier alpha value is -1.83. The first-order valence-electron chi connectivity index (χ1n) is 7.99. The molecule has 0 aromatic heterocycles. The molecule has 0 atom stereocenters. The molecule has 2 aromatic carbocycles. The van der Waals surface area contributed by atoms with Crippen molar-refractivity contribution in [3.05, 3.63) is 54.1 Å². The third-order valence-electron chi connectivity index (χ3n) is 4.03. The number of benzene rings is 2. The van der Waals surface area contributed by atoms with Crippen molar-refractivity contribution >= 4 is 27.5 Å². The summed E-state index contributed by atoms with van der Waals surface area (Å²) in [7, 11) is -3.21. The summed E-state index contributed by atoms with van der Waals surface area (Å²) >= 11 is 1.45. The highest BCUT2D eigenvalue weighted by molar-refractivity contribution is 7.99. The molecule has 0 unspecified atom stereocenters. The second-order valence-electron chi connectivity index (χ2n) is 6.08. The van der Waals surface area contributed by atoms with Gasteiger partial charge in [-0.2, -0.15) is 0 Å². The van der Waals surface area contributed by atoms with E-state index in [9.17, 15) is 13.2 Å². The highest BCUT2D eigenvalue weighted by Gasteiger charge is 2.19. The van der Waals surface area contributed by atoms with E-state index in [1.807, 2.05) is 24.3 Å². The maximum Gasteiger partial charge on any atom is 0.252 e. The maximum atomic E-state index is 12.5. The van der Waals surface area contributed by atoms with Crippen LogP contribution in [0.4, 0.5) is 0 Å². The lowest BCUT2D eigenvalue weighted by Crippen LogP contribution is -2.48. The van der Waals surface area contributed by atoms with Crippen LogP contribution in [0.3, 0.4) is 0 Å². The van der Waals surface area contributed by atoms with E-state index in [1.165, 1.54) is 18.0 Å². The lowest BCUT2D eigenvalue weighted by atomic mass is 10.0. The molecule has 1 aliphatic heterocycles. The van der Waals surface area contributed by atoms with Crippen molar-refractivity contribution < 1.29 is 13.2 Å². The van der Waals surface area contributed by atoms with Crippen molar-refractivity contribution in [3.8, 4) is 0 Å². The Kier molecular flexibility index (Phi) is 5.46. The Morgan fingerprint density at radius 2 is 1.84 bits per heavy atom. The van der Waals surface area contributed by atoms with Gasteiger partial charge in [0.05, 0.1) is 10.5 Å². The van der Waals surface area contributed by atoms with Gasteiger partial charge in [-0.1, -0.05) is 23.9 Å². The molecule has 25 heavy (non-hydrogen) atoms. The summed E-state index contributed by atoms with van der Waals surface area (Å²) in [5.41, 5.74) is 0.631. The van der Waals surface area contributed by atoms with Crippen LogP contribution in [0.25, 0.3) is 0 Å². The van der Waals surface area contributed by atoms with E-state index < -0.39 is 9.84 Å². The zero-order chi connectivity index (χ0) is 17.9. The van der Waals surface area contributed by atoms with E-state index in [0.29, 0.717) is 18.0 Å². The van der Waals surface area contributed by atoms with E-state index in [0.717, 1.165) is 22.9 Å². The maximum absolute atomic E-state index is 12.5.